The molecule has 0 radical (unpaired) electrons. The lowest BCUT2D eigenvalue weighted by Gasteiger charge is -2.29. The lowest BCUT2D eigenvalue weighted by atomic mass is 10.1. The minimum atomic E-state index is -0.116. The van der Waals surface area contributed by atoms with E-state index in [1.807, 2.05) is 37.3 Å². The molecule has 25 heavy (non-hydrogen) atoms. The van der Waals surface area contributed by atoms with E-state index in [0.29, 0.717) is 5.56 Å². The quantitative estimate of drug-likeness (QED) is 0.766. The monoisotopic (exact) mass is 352 g/mol. The summed E-state index contributed by atoms with van der Waals surface area (Å²) in [6, 6.07) is 9.49. The highest BCUT2D eigenvalue weighted by Crippen LogP contribution is 2.26. The fourth-order valence-electron chi connectivity index (χ4n) is 3.25. The number of carbonyl (C=O) groups is 1. The molecule has 5 nitrogen and oxygen atoms in total. The van der Waals surface area contributed by atoms with Crippen LogP contribution in [0, 0.1) is 6.92 Å². The molecule has 1 aromatic carbocycles. The number of pyridine rings is 1. The van der Waals surface area contributed by atoms with Crippen LogP contribution in [-0.4, -0.2) is 29.0 Å². The van der Waals surface area contributed by atoms with Crippen LogP contribution < -0.4 is 10.2 Å². The summed E-state index contributed by atoms with van der Waals surface area (Å²) >= 11 is 1.63. The van der Waals surface area contributed by atoms with Crippen molar-refractivity contribution in [2.24, 2.45) is 0 Å². The minimum Gasteiger partial charge on any atom is -0.356 e. The van der Waals surface area contributed by atoms with E-state index in [0.717, 1.165) is 52.7 Å². The second-order valence-corrected chi connectivity index (χ2v) is 7.53. The van der Waals surface area contributed by atoms with Crippen molar-refractivity contribution in [1.82, 2.24) is 9.97 Å². The molecule has 3 aromatic rings. The molecular formula is C19H20N4OS. The minimum absolute atomic E-state index is 0.116. The first kappa shape index (κ1) is 16.0. The van der Waals surface area contributed by atoms with Crippen LogP contribution in [-0.2, 0) is 0 Å². The number of thiazole rings is 1. The van der Waals surface area contributed by atoms with Crippen LogP contribution in [0.1, 0.15) is 34.6 Å². The fraction of sp³-hybridized carbons (Fsp3) is 0.316. The highest BCUT2D eigenvalue weighted by Gasteiger charge is 2.19. The van der Waals surface area contributed by atoms with Gasteiger partial charge in [-0.2, -0.15) is 0 Å². The molecule has 4 rings (SSSR count). The number of fused-ring (bicyclic) bond motifs is 1. The molecule has 1 saturated heterocycles. The van der Waals surface area contributed by atoms with Crippen LogP contribution in [0.25, 0.3) is 10.2 Å². The largest absolute Gasteiger partial charge is 0.356 e. The standard InChI is InChI=1S/C19H20N4OS/c1-13-21-16-8-7-14(12-17(16)25-13)22-19(24)15-6-5-9-20-18(15)23-10-3-2-4-11-23/h5-9,12H,2-4,10-11H2,1H3,(H,22,24). The SMILES string of the molecule is Cc1nc2ccc(NC(=O)c3cccnc3N3CCCCC3)cc2s1. The Kier molecular flexibility index (Phi) is 4.36. The third-order valence-electron chi connectivity index (χ3n) is 4.44. The van der Waals surface area contributed by atoms with Gasteiger partial charge in [0.05, 0.1) is 20.8 Å². The van der Waals surface area contributed by atoms with Gasteiger partial charge in [0, 0.05) is 25.0 Å². The lowest BCUT2D eigenvalue weighted by Crippen LogP contribution is -2.32. The van der Waals surface area contributed by atoms with Crippen molar-refractivity contribution in [2.75, 3.05) is 23.3 Å². The molecule has 0 spiro atoms. The van der Waals surface area contributed by atoms with Gasteiger partial charge in [0.2, 0.25) is 0 Å². The summed E-state index contributed by atoms with van der Waals surface area (Å²) in [6.07, 6.45) is 5.31. The summed E-state index contributed by atoms with van der Waals surface area (Å²) in [5.41, 5.74) is 2.38. The normalized spacial score (nSPS) is 14.7. The molecule has 1 fully saturated rings. The van der Waals surface area contributed by atoms with Crippen LogP contribution in [0.15, 0.2) is 36.5 Å². The first-order chi connectivity index (χ1) is 12.2. The van der Waals surface area contributed by atoms with Crippen molar-refractivity contribution in [3.63, 3.8) is 0 Å². The molecular weight excluding hydrogens is 332 g/mol. The lowest BCUT2D eigenvalue weighted by molar-refractivity contribution is 0.102. The number of aryl methyl sites for hydroxylation is 1. The van der Waals surface area contributed by atoms with E-state index in [4.69, 9.17) is 0 Å². The summed E-state index contributed by atoms with van der Waals surface area (Å²) in [7, 11) is 0. The van der Waals surface area contributed by atoms with Gasteiger partial charge in [0.15, 0.2) is 0 Å². The predicted molar refractivity (Wildman–Crippen MR) is 103 cm³/mol. The van der Waals surface area contributed by atoms with Gasteiger partial charge in [-0.1, -0.05) is 0 Å². The Bertz CT molecular complexity index is 915. The number of rotatable bonds is 3. The molecule has 1 N–H and O–H groups in total. The first-order valence-electron chi connectivity index (χ1n) is 8.59. The van der Waals surface area contributed by atoms with Gasteiger partial charge >= 0.3 is 0 Å². The number of hydrogen-bond donors (Lipinski definition) is 1. The fourth-order valence-corrected chi connectivity index (χ4v) is 4.11. The van der Waals surface area contributed by atoms with Gasteiger partial charge in [-0.05, 0) is 56.5 Å². The maximum absolute atomic E-state index is 12.8. The highest BCUT2D eigenvalue weighted by molar-refractivity contribution is 7.18. The van der Waals surface area contributed by atoms with E-state index in [1.165, 1.54) is 6.42 Å². The van der Waals surface area contributed by atoms with E-state index in [-0.39, 0.29) is 5.91 Å². The van der Waals surface area contributed by atoms with E-state index < -0.39 is 0 Å². The number of hydrogen-bond acceptors (Lipinski definition) is 5. The van der Waals surface area contributed by atoms with Gasteiger partial charge in [0.1, 0.15) is 5.82 Å². The van der Waals surface area contributed by atoms with Gasteiger partial charge in [-0.25, -0.2) is 9.97 Å². The van der Waals surface area contributed by atoms with Crippen LogP contribution in [0.2, 0.25) is 0 Å². The summed E-state index contributed by atoms with van der Waals surface area (Å²) in [4.78, 5) is 24.0. The van der Waals surface area contributed by atoms with Gasteiger partial charge < -0.3 is 10.2 Å². The van der Waals surface area contributed by atoms with Crippen LogP contribution in [0.4, 0.5) is 11.5 Å². The second-order valence-electron chi connectivity index (χ2n) is 6.29. The summed E-state index contributed by atoms with van der Waals surface area (Å²) in [5.74, 6) is 0.670. The molecule has 128 valence electrons. The molecule has 0 atom stereocenters. The van der Waals surface area contributed by atoms with Crippen molar-refractivity contribution in [3.8, 4) is 0 Å². The Balaban J connectivity index is 1.59. The number of carbonyl (C=O) groups excluding carboxylic acids is 1. The Morgan fingerprint density at radius 2 is 2.04 bits per heavy atom. The zero-order valence-electron chi connectivity index (χ0n) is 14.2. The predicted octanol–water partition coefficient (Wildman–Crippen LogP) is 4.24. The molecule has 2 aromatic heterocycles. The average molecular weight is 352 g/mol. The van der Waals surface area contributed by atoms with Crippen LogP contribution in [0.3, 0.4) is 0 Å². The number of nitrogens with zero attached hydrogens (tertiary/aromatic N) is 3. The van der Waals surface area contributed by atoms with E-state index in [2.05, 4.69) is 20.2 Å². The molecule has 0 saturated carbocycles. The number of piperidine rings is 1. The Morgan fingerprint density at radius 3 is 2.88 bits per heavy atom. The zero-order valence-corrected chi connectivity index (χ0v) is 15.0. The molecule has 1 aliphatic rings. The number of aromatic nitrogens is 2. The third kappa shape index (κ3) is 3.35. The first-order valence-corrected chi connectivity index (χ1v) is 9.41. The topological polar surface area (TPSA) is 58.1 Å². The molecule has 0 bridgehead atoms. The summed E-state index contributed by atoms with van der Waals surface area (Å²) in [5, 5.41) is 4.04. The second kappa shape index (κ2) is 6.80. The number of anilines is 2. The molecule has 1 amide bonds. The van der Waals surface area contributed by atoms with Crippen molar-refractivity contribution < 1.29 is 4.79 Å². The Morgan fingerprint density at radius 1 is 1.20 bits per heavy atom. The van der Waals surface area contributed by atoms with Gasteiger partial charge in [0.25, 0.3) is 5.91 Å². The highest BCUT2D eigenvalue weighted by atomic mass is 32.1. The maximum atomic E-state index is 12.8. The molecule has 6 heteroatoms. The zero-order chi connectivity index (χ0) is 17.2. The van der Waals surface area contributed by atoms with Crippen molar-refractivity contribution in [2.45, 2.75) is 26.2 Å². The van der Waals surface area contributed by atoms with Crippen LogP contribution in [0.5, 0.6) is 0 Å². The van der Waals surface area contributed by atoms with Crippen LogP contribution >= 0.6 is 11.3 Å². The van der Waals surface area contributed by atoms with Gasteiger partial charge in [-0.3, -0.25) is 4.79 Å². The van der Waals surface area contributed by atoms with Crippen molar-refractivity contribution in [1.29, 1.82) is 0 Å². The number of nitrogens with one attached hydrogen (secondary N) is 1. The van der Waals surface area contributed by atoms with Crippen molar-refractivity contribution in [3.05, 3.63) is 47.1 Å². The van der Waals surface area contributed by atoms with E-state index in [9.17, 15) is 4.79 Å². The Hall–Kier alpha value is -2.47. The van der Waals surface area contributed by atoms with Gasteiger partial charge in [-0.15, -0.1) is 11.3 Å². The summed E-state index contributed by atoms with van der Waals surface area (Å²) in [6.45, 7) is 3.91. The molecule has 3 heterocycles. The third-order valence-corrected chi connectivity index (χ3v) is 5.37. The Labute approximate surface area is 150 Å². The molecule has 0 unspecified atom stereocenters. The smallest absolute Gasteiger partial charge is 0.259 e. The number of amides is 1. The maximum Gasteiger partial charge on any atom is 0.259 e. The number of benzene rings is 1. The molecule has 1 aliphatic heterocycles. The van der Waals surface area contributed by atoms with Crippen molar-refractivity contribution >= 4 is 39.0 Å². The average Bonchev–Trinajstić information content (AvgIpc) is 3.02. The van der Waals surface area contributed by atoms with E-state index >= 15 is 0 Å². The summed E-state index contributed by atoms with van der Waals surface area (Å²) < 4.78 is 1.08. The molecule has 0 aliphatic carbocycles. The van der Waals surface area contributed by atoms with E-state index in [1.54, 1.807) is 17.5 Å².